The Balaban J connectivity index is 1.97. The molecule has 0 aromatic carbocycles. The Kier molecular flexibility index (Phi) is 5.95. The van der Waals surface area contributed by atoms with Crippen LogP contribution in [0.2, 0.25) is 0 Å². The number of nitrogens with zero attached hydrogens (tertiary/aromatic N) is 1. The fourth-order valence-corrected chi connectivity index (χ4v) is 2.00. The van der Waals surface area contributed by atoms with E-state index in [0.29, 0.717) is 18.9 Å². The van der Waals surface area contributed by atoms with E-state index in [2.05, 4.69) is 12.2 Å². The number of unbranched alkanes of at least 4 members (excludes halogenated alkanes) is 2. The molecule has 2 unspecified atom stereocenters. The highest BCUT2D eigenvalue weighted by Crippen LogP contribution is 2.37. The van der Waals surface area contributed by atoms with Gasteiger partial charge < -0.3 is 15.3 Å². The predicted octanol–water partition coefficient (Wildman–Crippen LogP) is 1.93. The molecule has 2 amide bonds. The SMILES string of the molecule is CC1CC1CN(C)C(=O)NCCCCCC(=O)O. The summed E-state index contributed by atoms with van der Waals surface area (Å²) in [6.07, 6.45) is 3.81. The summed E-state index contributed by atoms with van der Waals surface area (Å²) < 4.78 is 0. The van der Waals surface area contributed by atoms with Crippen LogP contribution >= 0.6 is 0 Å². The van der Waals surface area contributed by atoms with Crippen molar-refractivity contribution >= 4 is 12.0 Å². The molecule has 0 aliphatic heterocycles. The molecule has 0 aromatic heterocycles. The zero-order valence-corrected chi connectivity index (χ0v) is 11.3. The first-order valence-corrected chi connectivity index (χ1v) is 6.71. The van der Waals surface area contributed by atoms with Crippen molar-refractivity contribution in [2.45, 2.75) is 39.0 Å². The second-order valence-electron chi connectivity index (χ2n) is 5.29. The van der Waals surface area contributed by atoms with Crippen LogP contribution in [0.5, 0.6) is 0 Å². The molecule has 2 atom stereocenters. The number of rotatable bonds is 8. The van der Waals surface area contributed by atoms with Gasteiger partial charge in [-0.05, 0) is 31.1 Å². The van der Waals surface area contributed by atoms with Gasteiger partial charge in [-0.2, -0.15) is 0 Å². The van der Waals surface area contributed by atoms with Crippen molar-refractivity contribution in [3.63, 3.8) is 0 Å². The number of nitrogens with one attached hydrogen (secondary N) is 1. The number of urea groups is 1. The van der Waals surface area contributed by atoms with Gasteiger partial charge in [0.2, 0.25) is 0 Å². The highest BCUT2D eigenvalue weighted by atomic mass is 16.4. The van der Waals surface area contributed by atoms with Gasteiger partial charge >= 0.3 is 12.0 Å². The van der Waals surface area contributed by atoms with Crippen molar-refractivity contribution in [1.82, 2.24) is 10.2 Å². The van der Waals surface area contributed by atoms with E-state index in [4.69, 9.17) is 5.11 Å². The second kappa shape index (κ2) is 7.24. The molecule has 5 nitrogen and oxygen atoms in total. The molecule has 0 saturated heterocycles. The van der Waals surface area contributed by atoms with Gasteiger partial charge in [0.05, 0.1) is 0 Å². The van der Waals surface area contributed by atoms with Gasteiger partial charge in [0.1, 0.15) is 0 Å². The average molecular weight is 256 g/mol. The third-order valence-electron chi connectivity index (χ3n) is 3.47. The number of hydrogen-bond acceptors (Lipinski definition) is 2. The van der Waals surface area contributed by atoms with Gasteiger partial charge in [-0.3, -0.25) is 4.79 Å². The van der Waals surface area contributed by atoms with Crippen molar-refractivity contribution in [2.24, 2.45) is 11.8 Å². The molecule has 1 aliphatic carbocycles. The number of carboxylic acid groups (broad SMARTS) is 1. The Labute approximate surface area is 109 Å². The Morgan fingerprint density at radius 2 is 2.00 bits per heavy atom. The summed E-state index contributed by atoms with van der Waals surface area (Å²) in [5, 5.41) is 11.3. The monoisotopic (exact) mass is 256 g/mol. The maximum atomic E-state index is 11.7. The summed E-state index contributed by atoms with van der Waals surface area (Å²) in [7, 11) is 1.82. The molecule has 104 valence electrons. The number of carbonyl (C=O) groups is 2. The van der Waals surface area contributed by atoms with Crippen molar-refractivity contribution in [2.75, 3.05) is 20.1 Å². The first-order valence-electron chi connectivity index (χ1n) is 6.71. The van der Waals surface area contributed by atoms with E-state index in [1.807, 2.05) is 7.05 Å². The van der Waals surface area contributed by atoms with Gasteiger partial charge in [0.15, 0.2) is 0 Å². The van der Waals surface area contributed by atoms with Crippen molar-refractivity contribution < 1.29 is 14.7 Å². The van der Waals surface area contributed by atoms with Gasteiger partial charge in [0.25, 0.3) is 0 Å². The normalized spacial score (nSPS) is 21.4. The van der Waals surface area contributed by atoms with Gasteiger partial charge in [-0.1, -0.05) is 13.3 Å². The summed E-state index contributed by atoms with van der Waals surface area (Å²) in [4.78, 5) is 23.7. The lowest BCUT2D eigenvalue weighted by Crippen LogP contribution is -2.38. The molecule has 1 aliphatic rings. The highest BCUT2D eigenvalue weighted by Gasteiger charge is 2.34. The van der Waals surface area contributed by atoms with Gasteiger partial charge in [0, 0.05) is 26.6 Å². The largest absolute Gasteiger partial charge is 0.481 e. The molecule has 1 fully saturated rings. The number of aliphatic carboxylic acids is 1. The summed E-state index contributed by atoms with van der Waals surface area (Å²) >= 11 is 0. The molecular formula is C13H24N2O3. The van der Waals surface area contributed by atoms with Crippen LogP contribution in [0, 0.1) is 11.8 Å². The molecule has 1 saturated carbocycles. The fourth-order valence-electron chi connectivity index (χ4n) is 2.00. The number of hydrogen-bond donors (Lipinski definition) is 2. The van der Waals surface area contributed by atoms with E-state index >= 15 is 0 Å². The van der Waals surface area contributed by atoms with Crippen LogP contribution < -0.4 is 5.32 Å². The Morgan fingerprint density at radius 3 is 2.56 bits per heavy atom. The second-order valence-corrected chi connectivity index (χ2v) is 5.29. The van der Waals surface area contributed by atoms with Crippen molar-refractivity contribution in [3.8, 4) is 0 Å². The molecule has 0 bridgehead atoms. The molecule has 0 radical (unpaired) electrons. The molecule has 0 aromatic rings. The summed E-state index contributed by atoms with van der Waals surface area (Å²) in [6.45, 7) is 3.67. The molecule has 18 heavy (non-hydrogen) atoms. The Bertz CT molecular complexity index is 294. The van der Waals surface area contributed by atoms with Crippen molar-refractivity contribution in [3.05, 3.63) is 0 Å². The van der Waals surface area contributed by atoms with Crippen LogP contribution in [0.1, 0.15) is 39.0 Å². The minimum atomic E-state index is -0.752. The van der Waals surface area contributed by atoms with Crippen LogP contribution in [-0.2, 0) is 4.79 Å². The summed E-state index contributed by atoms with van der Waals surface area (Å²) in [5.74, 6) is 0.685. The van der Waals surface area contributed by atoms with Crippen LogP contribution in [-0.4, -0.2) is 42.1 Å². The maximum absolute atomic E-state index is 11.7. The van der Waals surface area contributed by atoms with E-state index in [9.17, 15) is 9.59 Å². The lowest BCUT2D eigenvalue weighted by atomic mass is 10.2. The highest BCUT2D eigenvalue weighted by molar-refractivity contribution is 5.73. The lowest BCUT2D eigenvalue weighted by molar-refractivity contribution is -0.137. The van der Waals surface area contributed by atoms with Crippen LogP contribution in [0.4, 0.5) is 4.79 Å². The summed E-state index contributed by atoms with van der Waals surface area (Å²) in [6, 6.07) is -0.0210. The molecule has 0 spiro atoms. The predicted molar refractivity (Wildman–Crippen MR) is 69.4 cm³/mol. The number of carboxylic acids is 1. The average Bonchev–Trinajstić information content (AvgIpc) is 2.98. The van der Waals surface area contributed by atoms with E-state index in [-0.39, 0.29) is 12.5 Å². The minimum absolute atomic E-state index is 0.0210. The topological polar surface area (TPSA) is 69.6 Å². The van der Waals surface area contributed by atoms with Crippen molar-refractivity contribution in [1.29, 1.82) is 0 Å². The maximum Gasteiger partial charge on any atom is 0.317 e. The fraction of sp³-hybridized carbons (Fsp3) is 0.846. The zero-order valence-electron chi connectivity index (χ0n) is 11.3. The van der Waals surface area contributed by atoms with E-state index in [1.165, 1.54) is 6.42 Å². The standard InChI is InChI=1S/C13H24N2O3/c1-10-8-11(10)9-15(2)13(18)14-7-5-3-4-6-12(16)17/h10-11H,3-9H2,1-2H3,(H,14,18)(H,16,17). The number of carbonyl (C=O) groups excluding carboxylic acids is 1. The smallest absolute Gasteiger partial charge is 0.317 e. The molecule has 0 heterocycles. The number of amides is 2. The third-order valence-corrected chi connectivity index (χ3v) is 3.47. The first-order chi connectivity index (χ1) is 8.50. The summed E-state index contributed by atoms with van der Waals surface area (Å²) in [5.41, 5.74) is 0. The van der Waals surface area contributed by atoms with Crippen LogP contribution in [0.25, 0.3) is 0 Å². The zero-order chi connectivity index (χ0) is 13.5. The first kappa shape index (κ1) is 14.8. The minimum Gasteiger partial charge on any atom is -0.481 e. The van der Waals surface area contributed by atoms with E-state index < -0.39 is 5.97 Å². The third kappa shape index (κ3) is 5.89. The van der Waals surface area contributed by atoms with Crippen LogP contribution in [0.15, 0.2) is 0 Å². The molecular weight excluding hydrogens is 232 g/mol. The van der Waals surface area contributed by atoms with Gasteiger partial charge in [-0.25, -0.2) is 4.79 Å². The Hall–Kier alpha value is -1.26. The van der Waals surface area contributed by atoms with Crippen LogP contribution in [0.3, 0.4) is 0 Å². The molecule has 5 heteroatoms. The van der Waals surface area contributed by atoms with E-state index in [1.54, 1.807) is 4.90 Å². The quantitative estimate of drug-likeness (QED) is 0.652. The molecule has 1 rings (SSSR count). The Morgan fingerprint density at radius 1 is 1.33 bits per heavy atom. The van der Waals surface area contributed by atoms with Gasteiger partial charge in [-0.15, -0.1) is 0 Å². The lowest BCUT2D eigenvalue weighted by Gasteiger charge is -2.17. The molecule has 2 N–H and O–H groups in total. The van der Waals surface area contributed by atoms with E-state index in [0.717, 1.165) is 25.3 Å².